The van der Waals surface area contributed by atoms with Gasteiger partial charge in [0, 0.05) is 40.3 Å². The van der Waals surface area contributed by atoms with Crippen molar-refractivity contribution in [2.24, 2.45) is 47.3 Å². The van der Waals surface area contributed by atoms with Crippen molar-refractivity contribution < 1.29 is 73.2 Å². The van der Waals surface area contributed by atoms with E-state index in [1.165, 1.54) is 87.0 Å². The first-order chi connectivity index (χ1) is 56.3. The molecule has 0 fully saturated rings. The summed E-state index contributed by atoms with van der Waals surface area (Å²) in [7, 11) is -6.89. The lowest BCUT2D eigenvalue weighted by molar-refractivity contribution is -0.136. The van der Waals surface area contributed by atoms with E-state index in [0.29, 0.717) is 140 Å². The summed E-state index contributed by atoms with van der Waals surface area (Å²) in [5.41, 5.74) is -5.97. The molecular weight excluding hydrogens is 1780 g/mol. The molecule has 0 aromatic heterocycles. The first kappa shape index (κ1) is 122. The van der Waals surface area contributed by atoms with E-state index in [1.807, 2.05) is 6.92 Å². The number of carboxylic acid groups (broad SMARTS) is 1. The Bertz CT molecular complexity index is 2190. The van der Waals surface area contributed by atoms with Gasteiger partial charge in [0.25, 0.3) is 0 Å². The van der Waals surface area contributed by atoms with Gasteiger partial charge in [-0.15, -0.1) is 0 Å². The van der Waals surface area contributed by atoms with Crippen LogP contribution in [0.1, 0.15) is 364 Å². The minimum absolute atomic E-state index is 0.0351. The van der Waals surface area contributed by atoms with Gasteiger partial charge in [-0.25, -0.2) is 0 Å². The Morgan fingerprint density at radius 1 is 0.299 bits per heavy atom. The third-order valence-electron chi connectivity index (χ3n) is 20.6. The second kappa shape index (κ2) is 81.6. The zero-order valence-electron chi connectivity index (χ0n) is 77.9. The van der Waals surface area contributed by atoms with E-state index in [0.717, 1.165) is 141 Å². The standard InChI is InChI=1S/C85H177O16P7S9/c1-23-39-47-77(31-9)57-88-102(89-58-78(32-10)48-40-24-2)112-65-71(17)97-106(98-72(18)66-113-103(90-59-79(33-11)49-41-25-3)91-60-80(34-12)50-42-26-4)115-67-73(19)96-105(111-56-55-85(86)87)99-74(20)69-117-108(110,100-75(21)68-114-104(92-61-81(35-13)51-43-27-5)93-62-82(36-14)52-44-28-6)101-76(22)70-116-107(109,94-63-83(37-15)53-45-29-7)95-64-84(38-16)54-46-30-8/h71-84H,23-70H2,1-22H3,(H,86,87). The summed E-state index contributed by atoms with van der Waals surface area (Å²) < 4.78 is 96.4. The van der Waals surface area contributed by atoms with Crippen LogP contribution in [0.5, 0.6) is 0 Å². The third kappa shape index (κ3) is 67.6. The summed E-state index contributed by atoms with van der Waals surface area (Å²) in [5.74, 6) is 6.66. The molecular formula is C85H177O16P7S9. The molecule has 32 heteroatoms. The molecule has 0 rings (SSSR count). The van der Waals surface area contributed by atoms with Crippen molar-refractivity contribution in [3.8, 4) is 0 Å². The molecule has 0 aromatic carbocycles. The minimum atomic E-state index is -3.16. The lowest BCUT2D eigenvalue weighted by atomic mass is 10.0. The molecule has 0 spiro atoms. The van der Waals surface area contributed by atoms with Gasteiger partial charge in [0.2, 0.25) is 49.3 Å². The predicted octanol–water partition coefficient (Wildman–Crippen LogP) is 34.5. The van der Waals surface area contributed by atoms with Crippen molar-refractivity contribution in [1.82, 2.24) is 0 Å². The molecule has 0 saturated carbocycles. The molecule has 702 valence electrons. The molecule has 1 N–H and O–H groups in total. The van der Waals surface area contributed by atoms with Gasteiger partial charge >= 0.3 is 5.97 Å². The first-order valence-corrected chi connectivity index (χ1v) is 68.5. The topological polar surface area (TPSA) is 167 Å². The highest BCUT2D eigenvalue weighted by Crippen LogP contribution is 2.67. The Balaban J connectivity index is 7.54. The molecule has 0 heterocycles. The smallest absolute Gasteiger partial charge is 0.304 e. The number of hydrogen-bond donors (Lipinski definition) is 1. The maximum Gasteiger partial charge on any atom is 0.304 e. The van der Waals surface area contributed by atoms with Crippen LogP contribution >= 0.6 is 129 Å². The molecule has 16 unspecified atom stereocenters. The zero-order chi connectivity index (χ0) is 87.3. The Kier molecular flexibility index (Phi) is 84.9. The number of rotatable bonds is 90. The summed E-state index contributed by atoms with van der Waals surface area (Å²) in [6.07, 6.45) is 34.6. The maximum atomic E-state index is 12.2. The van der Waals surface area contributed by atoms with Crippen LogP contribution in [0.15, 0.2) is 0 Å². The van der Waals surface area contributed by atoms with Gasteiger partial charge in [0.05, 0.1) is 95.9 Å². The van der Waals surface area contributed by atoms with Crippen molar-refractivity contribution in [2.45, 2.75) is 401 Å². The van der Waals surface area contributed by atoms with Crippen molar-refractivity contribution in [2.75, 3.05) is 93.1 Å². The van der Waals surface area contributed by atoms with E-state index in [1.54, 1.807) is 56.9 Å². The largest absolute Gasteiger partial charge is 0.481 e. The van der Waals surface area contributed by atoms with Gasteiger partial charge in [-0.2, -0.15) is 0 Å². The average Bonchev–Trinajstić information content (AvgIpc) is 0.851. The van der Waals surface area contributed by atoms with Crippen LogP contribution in [0, 0.1) is 47.3 Å². The van der Waals surface area contributed by atoms with Gasteiger partial charge < -0.3 is 68.4 Å². The highest BCUT2D eigenvalue weighted by atomic mass is 32.9. The van der Waals surface area contributed by atoms with Crippen molar-refractivity contribution in [3.63, 3.8) is 0 Å². The van der Waals surface area contributed by atoms with E-state index in [-0.39, 0.29) is 43.0 Å². The SMILES string of the molecule is CCCCC(CC)COP(OCC(CC)CCCC)SCC(C)OP(OC(C)CSP(OCC(CC)CCCC)OCC(CC)CCCC)SCC(C)OP(OC(C)CSP(=S)(OC(C)CSP(OCC(CC)CCCC)OCC(CC)CCCC)OC(C)CSP(=S)(OCC(CC)CCCC)OCC(CC)CCCC)SCCC(=O)O. The quantitative estimate of drug-likeness (QED) is 0.0571. The van der Waals surface area contributed by atoms with Crippen LogP contribution < -0.4 is 0 Å². The van der Waals surface area contributed by atoms with E-state index in [2.05, 4.69) is 145 Å². The summed E-state index contributed by atoms with van der Waals surface area (Å²) >= 11 is 24.5. The maximum absolute atomic E-state index is 12.2. The van der Waals surface area contributed by atoms with Gasteiger partial charge in [-0.3, -0.25) is 4.79 Å². The highest BCUT2D eigenvalue weighted by molar-refractivity contribution is 8.68. The molecule has 0 radical (unpaired) electrons. The van der Waals surface area contributed by atoms with Crippen molar-refractivity contribution >= 4 is 159 Å². The second-order valence-corrected chi connectivity index (χ2v) is 60.6. The van der Waals surface area contributed by atoms with Crippen LogP contribution in [-0.2, 0) is 91.7 Å². The number of unbranched alkanes of at least 4 members (excludes halogenated alkanes) is 8. The van der Waals surface area contributed by atoms with Gasteiger partial charge in [-0.05, 0) is 164 Å². The van der Waals surface area contributed by atoms with E-state index in [9.17, 15) is 9.90 Å². The molecule has 0 aliphatic rings. The summed E-state index contributed by atoms with van der Waals surface area (Å²) in [6.45, 7) is 54.0. The van der Waals surface area contributed by atoms with Gasteiger partial charge in [-0.1, -0.05) is 345 Å². The molecule has 0 bridgehead atoms. The lowest BCUT2D eigenvalue weighted by Crippen LogP contribution is -2.17. The second-order valence-electron chi connectivity index (χ2n) is 32.0. The highest BCUT2D eigenvalue weighted by Gasteiger charge is 2.34. The molecule has 0 saturated heterocycles. The minimum Gasteiger partial charge on any atom is -0.481 e. The van der Waals surface area contributed by atoms with E-state index in [4.69, 9.17) is 86.9 Å². The Hall–Kier alpha value is 4.81. The Labute approximate surface area is 766 Å². The molecule has 117 heavy (non-hydrogen) atoms. The lowest BCUT2D eigenvalue weighted by Gasteiger charge is -2.31. The fourth-order valence-electron chi connectivity index (χ4n) is 11.8. The predicted molar refractivity (Wildman–Crippen MR) is 540 cm³/mol. The van der Waals surface area contributed by atoms with E-state index >= 15 is 0 Å². The zero-order valence-corrected chi connectivity index (χ0v) is 91.5. The average molecular weight is 1960 g/mol. The number of carboxylic acids is 1. The summed E-state index contributed by atoms with van der Waals surface area (Å²) in [4.78, 5) is 12.2. The molecule has 0 aromatic rings. The third-order valence-corrected chi connectivity index (χ3v) is 48.2. The van der Waals surface area contributed by atoms with Crippen LogP contribution in [0.4, 0.5) is 0 Å². The van der Waals surface area contributed by atoms with Gasteiger partial charge in [0.15, 0.2) is 0 Å². The molecule has 16 nitrogen and oxygen atoms in total. The first-order valence-electron chi connectivity index (χ1n) is 46.3. The molecule has 16 atom stereocenters. The fraction of sp³-hybridized carbons (Fsp3) is 0.988. The van der Waals surface area contributed by atoms with Crippen molar-refractivity contribution in [3.05, 3.63) is 0 Å². The van der Waals surface area contributed by atoms with Crippen LogP contribution in [-0.4, -0.2) is 141 Å². The van der Waals surface area contributed by atoms with Crippen LogP contribution in [0.2, 0.25) is 0 Å². The normalized spacial score (nSPS) is 18.3. The molecule has 0 amide bonds. The van der Waals surface area contributed by atoms with Gasteiger partial charge in [0.1, 0.15) is 0 Å². The summed E-state index contributed by atoms with van der Waals surface area (Å²) in [6, 6.07) is 0. The Morgan fingerprint density at radius 3 is 0.769 bits per heavy atom. The number of aliphatic carboxylic acids is 1. The van der Waals surface area contributed by atoms with Crippen LogP contribution in [0.3, 0.4) is 0 Å². The number of carbonyl (C=O) groups is 1. The van der Waals surface area contributed by atoms with Crippen LogP contribution in [0.25, 0.3) is 0 Å². The fourth-order valence-corrected chi connectivity index (χ4v) is 38.4. The molecule has 0 aliphatic carbocycles. The Morgan fingerprint density at radius 2 is 0.513 bits per heavy atom. The monoisotopic (exact) mass is 1960 g/mol. The van der Waals surface area contributed by atoms with Crippen molar-refractivity contribution in [1.29, 1.82) is 0 Å². The van der Waals surface area contributed by atoms with E-state index < -0.39 is 55.2 Å². The molecule has 0 aliphatic heterocycles. The summed E-state index contributed by atoms with van der Waals surface area (Å²) in [5, 5.41) is 9.96. The number of hydrogen-bond acceptors (Lipinski definition) is 24.